The van der Waals surface area contributed by atoms with Crippen LogP contribution in [0.2, 0.25) is 0 Å². The molecule has 1 fully saturated rings. The van der Waals surface area contributed by atoms with Crippen molar-refractivity contribution < 1.29 is 35.1 Å². The Kier molecular flexibility index (Phi) is 12.6. The van der Waals surface area contributed by atoms with Crippen LogP contribution in [-0.2, 0) is 21.4 Å². The van der Waals surface area contributed by atoms with Gasteiger partial charge in [-0.25, -0.2) is 0 Å². The molecule has 0 heterocycles. The number of aliphatic carboxylic acids is 1. The van der Waals surface area contributed by atoms with Gasteiger partial charge in [0.05, 0.1) is 19.1 Å². The summed E-state index contributed by atoms with van der Waals surface area (Å²) in [6.07, 6.45) is 19.3. The second kappa shape index (κ2) is 17.8. The minimum atomic E-state index is -0.929. The fourth-order valence-electron chi connectivity index (χ4n) is 11.0. The Labute approximate surface area is 330 Å². The highest BCUT2D eigenvalue weighted by atomic mass is 16.4. The molecular formula is C49H58O7. The zero-order valence-electron chi connectivity index (χ0n) is 32.4. The van der Waals surface area contributed by atoms with E-state index in [0.717, 1.165) is 96.8 Å². The number of phenolic OH excluding ortho intramolecular Hbond substituents is 1. The number of aliphatic hydroxyl groups excluding tert-OH is 3. The van der Waals surface area contributed by atoms with E-state index < -0.39 is 23.2 Å². The SMILES string of the molecule is O=C[C@@H](CCCCC[C@H]1CC=C[C@@H](CO)[C@H](C(=O)O)[C@@]2(CC[C@@H]3C=c4ccccc4=C(O)[C@H]3C2)c2cccc(c2)C[C@@H]1c1ccc(O)cc1)[C@H]1C=C(CO)CC1. The molecule has 0 radical (unpaired) electrons. The molecule has 0 aromatic heterocycles. The summed E-state index contributed by atoms with van der Waals surface area (Å²) in [6, 6.07) is 23.9. The molecule has 7 heteroatoms. The van der Waals surface area contributed by atoms with E-state index in [2.05, 4.69) is 36.4 Å². The number of carboxylic acid groups (broad SMARTS) is 1. The molecule has 1 spiro atoms. The van der Waals surface area contributed by atoms with Gasteiger partial charge in [0.1, 0.15) is 17.8 Å². The van der Waals surface area contributed by atoms with Gasteiger partial charge in [0, 0.05) is 28.4 Å². The van der Waals surface area contributed by atoms with Gasteiger partial charge in [-0.15, -0.1) is 0 Å². The molecule has 4 aliphatic rings. The molecule has 0 saturated heterocycles. The first-order valence-electron chi connectivity index (χ1n) is 20.9. The average Bonchev–Trinajstić information content (AvgIpc) is 3.70. The summed E-state index contributed by atoms with van der Waals surface area (Å²) in [6.45, 7) is -0.229. The van der Waals surface area contributed by atoms with Gasteiger partial charge in [0.15, 0.2) is 0 Å². The number of aliphatic hydroxyl groups is 3. The van der Waals surface area contributed by atoms with Gasteiger partial charge < -0.3 is 30.3 Å². The Morgan fingerprint density at radius 2 is 1.73 bits per heavy atom. The van der Waals surface area contributed by atoms with Crippen LogP contribution in [0.5, 0.6) is 5.75 Å². The van der Waals surface area contributed by atoms with Crippen molar-refractivity contribution in [3.8, 4) is 5.75 Å². The number of carbonyl (C=O) groups is 2. The van der Waals surface area contributed by atoms with Crippen LogP contribution in [0.15, 0.2) is 96.6 Å². The number of allylic oxidation sites excluding steroid dienone is 2. The number of benzene rings is 3. The van der Waals surface area contributed by atoms with Crippen LogP contribution < -0.4 is 10.4 Å². The Morgan fingerprint density at radius 1 is 0.911 bits per heavy atom. The van der Waals surface area contributed by atoms with Crippen molar-refractivity contribution in [1.29, 1.82) is 0 Å². The van der Waals surface area contributed by atoms with E-state index in [1.807, 2.05) is 48.5 Å². The van der Waals surface area contributed by atoms with Crippen molar-refractivity contribution >= 4 is 24.1 Å². The van der Waals surface area contributed by atoms with E-state index in [1.165, 1.54) is 0 Å². The largest absolute Gasteiger partial charge is 0.511 e. The van der Waals surface area contributed by atoms with Crippen LogP contribution in [0.25, 0.3) is 11.8 Å². The number of carbonyl (C=O) groups excluding carboxylic acids is 1. The van der Waals surface area contributed by atoms with Crippen LogP contribution in [0, 0.1) is 41.4 Å². The highest BCUT2D eigenvalue weighted by Gasteiger charge is 2.53. The summed E-state index contributed by atoms with van der Waals surface area (Å²) < 4.78 is 0. The molecule has 9 atom stereocenters. The lowest BCUT2D eigenvalue weighted by atomic mass is 9.53. The normalized spacial score (nSPS) is 29.2. The van der Waals surface area contributed by atoms with E-state index >= 15 is 0 Å². The number of fused-ring (bicyclic) bond motifs is 5. The predicted molar refractivity (Wildman–Crippen MR) is 219 cm³/mol. The third-order valence-electron chi connectivity index (χ3n) is 14.0. The Hall–Kier alpha value is -4.46. The van der Waals surface area contributed by atoms with Gasteiger partial charge >= 0.3 is 5.97 Å². The molecule has 5 N–H and O–H groups in total. The number of aromatic hydroxyl groups is 1. The van der Waals surface area contributed by atoms with Crippen molar-refractivity contribution in [2.24, 2.45) is 41.4 Å². The highest BCUT2D eigenvalue weighted by molar-refractivity contribution is 5.74. The van der Waals surface area contributed by atoms with Crippen molar-refractivity contribution in [1.82, 2.24) is 0 Å². The third kappa shape index (κ3) is 8.31. The van der Waals surface area contributed by atoms with Crippen LogP contribution in [-0.4, -0.2) is 51.0 Å². The lowest BCUT2D eigenvalue weighted by Gasteiger charge is -2.49. The maximum atomic E-state index is 13.6. The first-order valence-corrected chi connectivity index (χ1v) is 20.9. The number of unbranched alkanes of at least 4 members (excludes halogenated alkanes) is 2. The summed E-state index contributed by atoms with van der Waals surface area (Å²) in [5.41, 5.74) is 3.43. The fourth-order valence-corrected chi connectivity index (χ4v) is 11.0. The second-order valence-electron chi connectivity index (χ2n) is 17.1. The highest BCUT2D eigenvalue weighted by Crippen LogP contribution is 2.54. The lowest BCUT2D eigenvalue weighted by Crippen LogP contribution is -2.51. The summed E-state index contributed by atoms with van der Waals surface area (Å²) >= 11 is 0. The topological polar surface area (TPSA) is 135 Å². The maximum Gasteiger partial charge on any atom is 0.308 e. The molecule has 4 aliphatic carbocycles. The Morgan fingerprint density at radius 3 is 2.48 bits per heavy atom. The van der Waals surface area contributed by atoms with Crippen molar-refractivity contribution in [3.05, 3.63) is 124 Å². The zero-order chi connectivity index (χ0) is 39.2. The first-order chi connectivity index (χ1) is 27.2. The number of aldehydes is 1. The molecule has 0 amide bonds. The van der Waals surface area contributed by atoms with Crippen molar-refractivity contribution in [2.45, 2.75) is 88.4 Å². The van der Waals surface area contributed by atoms with E-state index in [9.17, 15) is 35.1 Å². The summed E-state index contributed by atoms with van der Waals surface area (Å²) in [4.78, 5) is 25.6. The summed E-state index contributed by atoms with van der Waals surface area (Å²) in [7, 11) is 0. The van der Waals surface area contributed by atoms with Crippen LogP contribution in [0.3, 0.4) is 0 Å². The van der Waals surface area contributed by atoms with Gasteiger partial charge in [-0.1, -0.05) is 104 Å². The average molecular weight is 759 g/mol. The first kappa shape index (κ1) is 39.8. The van der Waals surface area contributed by atoms with Crippen LogP contribution in [0.1, 0.15) is 93.2 Å². The lowest BCUT2D eigenvalue weighted by molar-refractivity contribution is -0.148. The molecule has 1 saturated carbocycles. The number of hydrogen-bond donors (Lipinski definition) is 5. The van der Waals surface area contributed by atoms with Gasteiger partial charge in [0.2, 0.25) is 0 Å². The molecule has 296 valence electrons. The molecule has 56 heavy (non-hydrogen) atoms. The monoisotopic (exact) mass is 758 g/mol. The van der Waals surface area contributed by atoms with E-state index in [-0.39, 0.29) is 54.5 Å². The molecule has 7 rings (SSSR count). The maximum absolute atomic E-state index is 13.6. The smallest absolute Gasteiger partial charge is 0.308 e. The standard InChI is InChI=1S/C49H58O7/c50-29-33-16-17-36(24-33)39(30-51)11-3-1-2-9-34-12-7-13-40(31-52)46(48(55)56)49(23-22-38-27-37-10-4-5-15-43(37)47(54)45(38)28-49)41-14-6-8-32(25-41)26-44(34)35-18-20-42(53)21-19-35/h4-8,10,13-15,18-21,24-25,27,30,34,36,38-40,44-46,50,52-54H,1-3,9,11-12,16-17,22-23,26,28-29,31H2,(H,55,56)/t34-,36+,38+,39+,40-,44-,45-,46+,49+/m0/s1. The van der Waals surface area contributed by atoms with Gasteiger partial charge in [-0.3, -0.25) is 4.79 Å². The molecular weight excluding hydrogens is 701 g/mol. The predicted octanol–water partition coefficient (Wildman–Crippen LogP) is 7.51. The molecule has 3 aromatic rings. The minimum Gasteiger partial charge on any atom is -0.511 e. The van der Waals surface area contributed by atoms with Crippen molar-refractivity contribution in [3.63, 3.8) is 0 Å². The molecule has 2 bridgehead atoms. The third-order valence-corrected chi connectivity index (χ3v) is 14.0. The van der Waals surface area contributed by atoms with Crippen LogP contribution >= 0.6 is 0 Å². The molecule has 0 aliphatic heterocycles. The number of carboxylic acids is 1. The molecule has 7 nitrogen and oxygen atoms in total. The zero-order valence-corrected chi connectivity index (χ0v) is 32.4. The Balaban J connectivity index is 1.20. The number of hydrogen-bond acceptors (Lipinski definition) is 6. The molecule has 0 unspecified atom stereocenters. The summed E-state index contributed by atoms with van der Waals surface area (Å²) in [5.74, 6) is -1.52. The van der Waals surface area contributed by atoms with E-state index in [0.29, 0.717) is 25.0 Å². The van der Waals surface area contributed by atoms with Crippen molar-refractivity contribution in [2.75, 3.05) is 13.2 Å². The molecule has 3 aromatic carbocycles. The van der Waals surface area contributed by atoms with Gasteiger partial charge in [-0.2, -0.15) is 0 Å². The minimum absolute atomic E-state index is 0.0230. The van der Waals surface area contributed by atoms with E-state index in [1.54, 1.807) is 12.1 Å². The number of rotatable bonds is 12. The van der Waals surface area contributed by atoms with Crippen LogP contribution in [0.4, 0.5) is 0 Å². The summed E-state index contributed by atoms with van der Waals surface area (Å²) in [5, 5.41) is 55.5. The number of phenols is 1. The van der Waals surface area contributed by atoms with Gasteiger partial charge in [-0.05, 0) is 121 Å². The van der Waals surface area contributed by atoms with E-state index in [4.69, 9.17) is 0 Å². The quantitative estimate of drug-likeness (QED) is 0.0733. The second-order valence-corrected chi connectivity index (χ2v) is 17.1. The fraction of sp³-hybridized carbons (Fsp3) is 0.469. The van der Waals surface area contributed by atoms with Gasteiger partial charge in [0.25, 0.3) is 0 Å². The Bertz CT molecular complexity index is 2030.